The molecule has 0 saturated carbocycles. The third-order valence-electron chi connectivity index (χ3n) is 5.44. The zero-order valence-electron chi connectivity index (χ0n) is 17.1. The van der Waals surface area contributed by atoms with Crippen LogP contribution in [0.3, 0.4) is 0 Å². The van der Waals surface area contributed by atoms with Crippen molar-refractivity contribution in [1.29, 1.82) is 0 Å². The molecule has 1 aliphatic heterocycles. The number of carbonyl (C=O) groups is 3. The summed E-state index contributed by atoms with van der Waals surface area (Å²) in [5.74, 6) is -1.83. The Bertz CT molecular complexity index is 917. The van der Waals surface area contributed by atoms with Crippen molar-refractivity contribution in [3.63, 3.8) is 0 Å². The van der Waals surface area contributed by atoms with E-state index in [-0.39, 0.29) is 24.5 Å². The topological polar surface area (TPSA) is 133 Å². The van der Waals surface area contributed by atoms with Crippen LogP contribution in [0.1, 0.15) is 24.0 Å². The number of nitrogens with two attached hydrogens (primary N) is 1. The maximum Gasteiger partial charge on any atom is 0.326 e. The molecule has 1 saturated heterocycles. The lowest BCUT2D eigenvalue weighted by Gasteiger charge is -2.28. The third-order valence-corrected chi connectivity index (χ3v) is 5.44. The first-order valence-electron chi connectivity index (χ1n) is 10.3. The molecule has 0 spiro atoms. The maximum absolute atomic E-state index is 12.9. The van der Waals surface area contributed by atoms with Gasteiger partial charge in [-0.2, -0.15) is 0 Å². The molecule has 3 rings (SSSR count). The van der Waals surface area contributed by atoms with E-state index in [0.29, 0.717) is 19.4 Å². The second-order valence-corrected chi connectivity index (χ2v) is 7.76. The molecule has 0 aromatic heterocycles. The van der Waals surface area contributed by atoms with Gasteiger partial charge in [0.25, 0.3) is 0 Å². The summed E-state index contributed by atoms with van der Waals surface area (Å²) >= 11 is 0. The van der Waals surface area contributed by atoms with Gasteiger partial charge in [0.15, 0.2) is 0 Å². The van der Waals surface area contributed by atoms with Crippen LogP contribution in [-0.2, 0) is 27.2 Å². The first-order chi connectivity index (χ1) is 14.8. The van der Waals surface area contributed by atoms with Gasteiger partial charge in [-0.3, -0.25) is 9.59 Å². The molecule has 2 aromatic carbocycles. The number of nitrogens with one attached hydrogen (secondary N) is 1. The fourth-order valence-corrected chi connectivity index (χ4v) is 3.81. The van der Waals surface area contributed by atoms with Gasteiger partial charge in [0.2, 0.25) is 11.8 Å². The molecule has 164 valence electrons. The highest BCUT2D eigenvalue weighted by molar-refractivity contribution is 5.92. The van der Waals surface area contributed by atoms with E-state index < -0.39 is 30.0 Å². The van der Waals surface area contributed by atoms with Crippen LogP contribution in [0.5, 0.6) is 5.75 Å². The van der Waals surface area contributed by atoms with E-state index in [9.17, 15) is 24.6 Å². The largest absolute Gasteiger partial charge is 0.508 e. The van der Waals surface area contributed by atoms with Gasteiger partial charge in [-0.15, -0.1) is 0 Å². The molecule has 0 aliphatic carbocycles. The smallest absolute Gasteiger partial charge is 0.326 e. The van der Waals surface area contributed by atoms with Gasteiger partial charge in [-0.05, 0) is 42.5 Å². The molecule has 0 radical (unpaired) electrons. The summed E-state index contributed by atoms with van der Waals surface area (Å²) in [5.41, 5.74) is 7.70. The molecule has 3 atom stereocenters. The van der Waals surface area contributed by atoms with Gasteiger partial charge in [0.1, 0.15) is 17.8 Å². The number of aliphatic carboxylic acids is 1. The quantitative estimate of drug-likeness (QED) is 0.500. The lowest BCUT2D eigenvalue weighted by molar-refractivity contribution is -0.144. The summed E-state index contributed by atoms with van der Waals surface area (Å²) in [5, 5.41) is 21.5. The fourth-order valence-electron chi connectivity index (χ4n) is 3.81. The van der Waals surface area contributed by atoms with Crippen LogP contribution >= 0.6 is 0 Å². The minimum absolute atomic E-state index is 0.128. The number of hydrogen-bond donors (Lipinski definition) is 4. The Morgan fingerprint density at radius 1 is 1.03 bits per heavy atom. The highest BCUT2D eigenvalue weighted by atomic mass is 16.4. The van der Waals surface area contributed by atoms with E-state index in [1.54, 1.807) is 24.3 Å². The fraction of sp³-hybridized carbons (Fsp3) is 0.348. The number of nitrogens with zero attached hydrogens (tertiary/aromatic N) is 1. The second-order valence-electron chi connectivity index (χ2n) is 7.76. The van der Waals surface area contributed by atoms with Crippen molar-refractivity contribution < 1.29 is 24.6 Å². The molecule has 1 unspecified atom stereocenters. The van der Waals surface area contributed by atoms with Crippen LogP contribution in [0.25, 0.3) is 0 Å². The highest BCUT2D eigenvalue weighted by Crippen LogP contribution is 2.20. The van der Waals surface area contributed by atoms with E-state index in [1.807, 2.05) is 18.2 Å². The molecule has 5 N–H and O–H groups in total. The summed E-state index contributed by atoms with van der Waals surface area (Å²) < 4.78 is 0. The van der Waals surface area contributed by atoms with Crippen LogP contribution in [0.4, 0.5) is 0 Å². The molecule has 8 heteroatoms. The number of phenols is 1. The number of rotatable bonds is 8. The molecule has 0 bridgehead atoms. The molecular formula is C23H27N3O5. The van der Waals surface area contributed by atoms with Crippen molar-refractivity contribution >= 4 is 17.8 Å². The van der Waals surface area contributed by atoms with Crippen molar-refractivity contribution in [3.8, 4) is 5.75 Å². The standard InChI is InChI=1S/C23H27N3O5/c24-18(13-16-8-10-17(27)11-9-16)22(29)26-12-4-7-20(26)21(28)25-19(23(30)31)14-15-5-2-1-3-6-15/h1-3,5-6,8-11,18-20,27H,4,7,12-14,24H2,(H,25,28)(H,30,31)/t18-,19?,20+/m0/s1. The number of aromatic hydroxyl groups is 1. The first-order valence-corrected chi connectivity index (χ1v) is 10.3. The highest BCUT2D eigenvalue weighted by Gasteiger charge is 2.37. The van der Waals surface area contributed by atoms with Gasteiger partial charge >= 0.3 is 5.97 Å². The first kappa shape index (κ1) is 22.3. The Morgan fingerprint density at radius 2 is 1.68 bits per heavy atom. The second kappa shape index (κ2) is 10.1. The number of carbonyl (C=O) groups excluding carboxylic acids is 2. The van der Waals surface area contributed by atoms with Crippen LogP contribution < -0.4 is 11.1 Å². The van der Waals surface area contributed by atoms with Crippen molar-refractivity contribution in [2.75, 3.05) is 6.54 Å². The molecule has 31 heavy (non-hydrogen) atoms. The van der Waals surface area contributed by atoms with E-state index in [2.05, 4.69) is 5.32 Å². The Balaban J connectivity index is 1.63. The molecule has 1 fully saturated rings. The van der Waals surface area contributed by atoms with E-state index in [1.165, 1.54) is 17.0 Å². The molecule has 1 heterocycles. The number of likely N-dealkylation sites (tertiary alicyclic amines) is 1. The number of phenolic OH excluding ortho intramolecular Hbond substituents is 1. The Hall–Kier alpha value is -3.39. The minimum atomic E-state index is -1.13. The lowest BCUT2D eigenvalue weighted by Crippen LogP contribution is -2.54. The summed E-state index contributed by atoms with van der Waals surface area (Å²) in [7, 11) is 0. The zero-order chi connectivity index (χ0) is 22.4. The van der Waals surface area contributed by atoms with E-state index in [4.69, 9.17) is 5.73 Å². The summed E-state index contributed by atoms with van der Waals surface area (Å²) in [4.78, 5) is 38.9. The Kier molecular flexibility index (Phi) is 7.25. The zero-order valence-corrected chi connectivity index (χ0v) is 17.1. The molecule has 2 amide bonds. The van der Waals surface area contributed by atoms with Crippen molar-refractivity contribution in [3.05, 3.63) is 65.7 Å². The number of carboxylic acids is 1. The predicted octanol–water partition coefficient (Wildman–Crippen LogP) is 1.07. The summed E-state index contributed by atoms with van der Waals surface area (Å²) in [6.07, 6.45) is 1.53. The van der Waals surface area contributed by atoms with Gasteiger partial charge in [-0.1, -0.05) is 42.5 Å². The number of amides is 2. The van der Waals surface area contributed by atoms with Crippen LogP contribution in [-0.4, -0.2) is 57.6 Å². The van der Waals surface area contributed by atoms with Gasteiger partial charge in [-0.25, -0.2) is 4.79 Å². The molecule has 8 nitrogen and oxygen atoms in total. The van der Waals surface area contributed by atoms with Crippen molar-refractivity contribution in [2.45, 2.75) is 43.8 Å². The number of benzene rings is 2. The third kappa shape index (κ3) is 5.82. The van der Waals surface area contributed by atoms with Crippen LogP contribution in [0.2, 0.25) is 0 Å². The average Bonchev–Trinajstić information content (AvgIpc) is 3.25. The van der Waals surface area contributed by atoms with Crippen LogP contribution in [0, 0.1) is 0 Å². The Labute approximate surface area is 180 Å². The summed E-state index contributed by atoms with van der Waals surface area (Å²) in [6, 6.07) is 12.8. The van der Waals surface area contributed by atoms with Gasteiger partial charge in [0, 0.05) is 13.0 Å². The lowest BCUT2D eigenvalue weighted by atomic mass is 10.0. The van der Waals surface area contributed by atoms with Crippen molar-refractivity contribution in [1.82, 2.24) is 10.2 Å². The number of carboxylic acid groups (broad SMARTS) is 1. The monoisotopic (exact) mass is 425 g/mol. The average molecular weight is 425 g/mol. The molecule has 2 aromatic rings. The normalized spacial score (nSPS) is 17.7. The van der Waals surface area contributed by atoms with Gasteiger partial charge in [0.05, 0.1) is 6.04 Å². The maximum atomic E-state index is 12.9. The van der Waals surface area contributed by atoms with Crippen molar-refractivity contribution in [2.24, 2.45) is 5.73 Å². The number of hydrogen-bond acceptors (Lipinski definition) is 5. The van der Waals surface area contributed by atoms with Gasteiger partial charge < -0.3 is 26.2 Å². The SMILES string of the molecule is N[C@@H](Cc1ccc(O)cc1)C(=O)N1CCC[C@@H]1C(=O)NC(Cc1ccccc1)C(=O)O. The minimum Gasteiger partial charge on any atom is -0.508 e. The Morgan fingerprint density at radius 3 is 2.32 bits per heavy atom. The van der Waals surface area contributed by atoms with E-state index in [0.717, 1.165) is 11.1 Å². The van der Waals surface area contributed by atoms with E-state index >= 15 is 0 Å². The molecule has 1 aliphatic rings. The summed E-state index contributed by atoms with van der Waals surface area (Å²) in [6.45, 7) is 0.399. The van der Waals surface area contributed by atoms with Crippen LogP contribution in [0.15, 0.2) is 54.6 Å². The predicted molar refractivity (Wildman–Crippen MR) is 114 cm³/mol. The molecular weight excluding hydrogens is 398 g/mol.